The van der Waals surface area contributed by atoms with Gasteiger partial charge in [0.05, 0.1) is 44.0 Å². The lowest BCUT2D eigenvalue weighted by Gasteiger charge is -2.26. The molecule has 0 spiro atoms. The van der Waals surface area contributed by atoms with Gasteiger partial charge in [-0.15, -0.1) is 5.10 Å². The van der Waals surface area contributed by atoms with E-state index in [0.29, 0.717) is 48.2 Å². The van der Waals surface area contributed by atoms with E-state index in [2.05, 4.69) is 15.2 Å². The maximum Gasteiger partial charge on any atom is 0.166 e. The van der Waals surface area contributed by atoms with Gasteiger partial charge in [-0.3, -0.25) is 4.90 Å². The number of benzene rings is 2. The van der Waals surface area contributed by atoms with Crippen molar-refractivity contribution >= 4 is 10.9 Å². The molecule has 2 aromatic heterocycles. The van der Waals surface area contributed by atoms with Crippen LogP contribution in [0, 0.1) is 5.82 Å². The zero-order valence-corrected chi connectivity index (χ0v) is 19.1. The smallest absolute Gasteiger partial charge is 0.166 e. The fourth-order valence-corrected chi connectivity index (χ4v) is 3.86. The van der Waals surface area contributed by atoms with E-state index < -0.39 is 11.6 Å². The van der Waals surface area contributed by atoms with Gasteiger partial charge in [-0.2, -0.15) is 0 Å². The molecule has 35 heavy (non-hydrogen) atoms. The van der Waals surface area contributed by atoms with Crippen molar-refractivity contribution in [1.82, 2.24) is 24.9 Å². The number of phenolic OH excluding ortho intramolecular Hbond substituents is 1. The molecule has 0 atom stereocenters. The Balaban J connectivity index is 1.23. The molecule has 182 valence electrons. The number of hydrogen-bond donors (Lipinski definition) is 1. The standard InChI is InChI=1S/C25H26FN5O4/c26-20-16-19(5-7-23(20)32)31-17-22(28-29-31)21-6-4-18-2-1-3-24(25(18)27-21)35-15-14-34-13-10-30-8-11-33-12-9-30/h1-7,16-17,32H,8-15H2. The van der Waals surface area contributed by atoms with Crippen LogP contribution in [0.25, 0.3) is 28.0 Å². The molecule has 1 aliphatic heterocycles. The van der Waals surface area contributed by atoms with Gasteiger partial charge >= 0.3 is 0 Å². The number of fused-ring (bicyclic) bond motifs is 1. The maximum atomic E-state index is 13.7. The van der Waals surface area contributed by atoms with Gasteiger partial charge in [0.15, 0.2) is 11.6 Å². The Kier molecular flexibility index (Phi) is 7.12. The van der Waals surface area contributed by atoms with Crippen LogP contribution in [-0.4, -0.2) is 82.7 Å². The van der Waals surface area contributed by atoms with E-state index in [0.717, 1.165) is 38.2 Å². The van der Waals surface area contributed by atoms with Gasteiger partial charge in [0.25, 0.3) is 0 Å². The minimum Gasteiger partial charge on any atom is -0.505 e. The molecule has 0 saturated carbocycles. The number of morpholine rings is 1. The highest BCUT2D eigenvalue weighted by molar-refractivity contribution is 5.86. The van der Waals surface area contributed by atoms with Gasteiger partial charge < -0.3 is 19.3 Å². The van der Waals surface area contributed by atoms with Crippen molar-refractivity contribution < 1.29 is 23.7 Å². The Labute approximate surface area is 201 Å². The first kappa shape index (κ1) is 23.2. The van der Waals surface area contributed by atoms with Crippen LogP contribution in [-0.2, 0) is 9.47 Å². The van der Waals surface area contributed by atoms with E-state index in [4.69, 9.17) is 19.2 Å². The summed E-state index contributed by atoms with van der Waals surface area (Å²) in [7, 11) is 0. The molecule has 3 heterocycles. The third-order valence-corrected chi connectivity index (χ3v) is 5.78. The molecule has 10 heteroatoms. The highest BCUT2D eigenvalue weighted by Gasteiger charge is 2.12. The summed E-state index contributed by atoms with van der Waals surface area (Å²) in [5, 5.41) is 18.6. The van der Waals surface area contributed by atoms with Crippen molar-refractivity contribution in [3.8, 4) is 28.6 Å². The lowest BCUT2D eigenvalue weighted by atomic mass is 10.1. The summed E-state index contributed by atoms with van der Waals surface area (Å²) in [6.07, 6.45) is 1.66. The van der Waals surface area contributed by atoms with Crippen LogP contribution in [0.3, 0.4) is 0 Å². The molecule has 0 unspecified atom stereocenters. The van der Waals surface area contributed by atoms with Crippen molar-refractivity contribution in [2.24, 2.45) is 0 Å². The summed E-state index contributed by atoms with van der Waals surface area (Å²) >= 11 is 0. The maximum absolute atomic E-state index is 13.7. The van der Waals surface area contributed by atoms with Gasteiger partial charge in [-0.1, -0.05) is 23.4 Å². The first-order chi connectivity index (χ1) is 17.2. The first-order valence-corrected chi connectivity index (χ1v) is 11.5. The number of rotatable bonds is 9. The number of aromatic nitrogens is 4. The van der Waals surface area contributed by atoms with Gasteiger partial charge in [-0.25, -0.2) is 14.1 Å². The molecule has 0 aliphatic carbocycles. The predicted molar refractivity (Wildman–Crippen MR) is 127 cm³/mol. The Bertz CT molecular complexity index is 1290. The number of phenols is 1. The largest absolute Gasteiger partial charge is 0.505 e. The average Bonchev–Trinajstić information content (AvgIpc) is 3.38. The minimum absolute atomic E-state index is 0.413. The molecular formula is C25H26FN5O4. The average molecular weight is 480 g/mol. The van der Waals surface area contributed by atoms with Crippen LogP contribution < -0.4 is 4.74 Å². The number of hydrogen-bond acceptors (Lipinski definition) is 8. The summed E-state index contributed by atoms with van der Waals surface area (Å²) in [6, 6.07) is 13.6. The molecule has 1 fully saturated rings. The number of para-hydroxylation sites is 1. The molecule has 5 rings (SSSR count). The molecule has 4 aromatic rings. The van der Waals surface area contributed by atoms with Gasteiger partial charge in [0.2, 0.25) is 0 Å². The lowest BCUT2D eigenvalue weighted by molar-refractivity contribution is 0.0171. The Morgan fingerprint density at radius 2 is 1.89 bits per heavy atom. The van der Waals surface area contributed by atoms with E-state index in [1.165, 1.54) is 16.8 Å². The monoisotopic (exact) mass is 479 g/mol. The molecular weight excluding hydrogens is 453 g/mol. The SMILES string of the molecule is Oc1ccc(-n2cc(-c3ccc4cccc(OCCOCCN5CCOCC5)c4n3)nn2)cc1F. The zero-order chi connectivity index (χ0) is 24.0. The Morgan fingerprint density at radius 3 is 2.74 bits per heavy atom. The molecule has 2 aromatic carbocycles. The second-order valence-electron chi connectivity index (χ2n) is 8.12. The highest BCUT2D eigenvalue weighted by atomic mass is 19.1. The summed E-state index contributed by atoms with van der Waals surface area (Å²) in [5.74, 6) is -0.482. The minimum atomic E-state index is -0.727. The fourth-order valence-electron chi connectivity index (χ4n) is 3.86. The molecule has 0 bridgehead atoms. The zero-order valence-electron chi connectivity index (χ0n) is 19.1. The molecule has 0 radical (unpaired) electrons. The summed E-state index contributed by atoms with van der Waals surface area (Å²) in [5.41, 5.74) is 2.29. The van der Waals surface area contributed by atoms with Crippen LogP contribution in [0.2, 0.25) is 0 Å². The molecule has 0 amide bonds. The van der Waals surface area contributed by atoms with Crippen LogP contribution in [0.4, 0.5) is 4.39 Å². The summed E-state index contributed by atoms with van der Waals surface area (Å²) < 4.78 is 32.2. The lowest BCUT2D eigenvalue weighted by Crippen LogP contribution is -2.38. The van der Waals surface area contributed by atoms with Gasteiger partial charge in [0.1, 0.15) is 23.6 Å². The predicted octanol–water partition coefficient (Wildman–Crippen LogP) is 3.05. The quantitative estimate of drug-likeness (QED) is 0.366. The van der Waals surface area contributed by atoms with Gasteiger partial charge in [-0.05, 0) is 24.3 Å². The third-order valence-electron chi connectivity index (χ3n) is 5.78. The number of aromatic hydroxyl groups is 1. The normalized spacial score (nSPS) is 14.4. The highest BCUT2D eigenvalue weighted by Crippen LogP contribution is 2.27. The number of ether oxygens (including phenoxy) is 3. The molecule has 1 N–H and O–H groups in total. The van der Waals surface area contributed by atoms with Crippen LogP contribution in [0.1, 0.15) is 0 Å². The van der Waals surface area contributed by atoms with E-state index in [1.807, 2.05) is 30.3 Å². The second-order valence-corrected chi connectivity index (χ2v) is 8.12. The first-order valence-electron chi connectivity index (χ1n) is 11.5. The van der Waals surface area contributed by atoms with Crippen LogP contribution >= 0.6 is 0 Å². The Morgan fingerprint density at radius 1 is 1.00 bits per heavy atom. The van der Waals surface area contributed by atoms with E-state index >= 15 is 0 Å². The molecule has 1 aliphatic rings. The van der Waals surface area contributed by atoms with Crippen molar-refractivity contribution in [2.75, 3.05) is 52.7 Å². The molecule has 9 nitrogen and oxygen atoms in total. The van der Waals surface area contributed by atoms with Crippen LogP contribution in [0.5, 0.6) is 11.5 Å². The fraction of sp³-hybridized carbons (Fsp3) is 0.320. The summed E-state index contributed by atoms with van der Waals surface area (Å²) in [6.45, 7) is 5.90. The Hall–Kier alpha value is -3.60. The molecule has 1 saturated heterocycles. The van der Waals surface area contributed by atoms with Gasteiger partial charge in [0, 0.05) is 31.1 Å². The van der Waals surface area contributed by atoms with Crippen molar-refractivity contribution in [3.63, 3.8) is 0 Å². The van der Waals surface area contributed by atoms with E-state index in [-0.39, 0.29) is 0 Å². The number of halogens is 1. The topological polar surface area (TPSA) is 94.8 Å². The van der Waals surface area contributed by atoms with Crippen molar-refractivity contribution in [1.29, 1.82) is 0 Å². The van der Waals surface area contributed by atoms with Crippen LogP contribution in [0.15, 0.2) is 54.7 Å². The number of nitrogens with zero attached hydrogens (tertiary/aromatic N) is 5. The van der Waals surface area contributed by atoms with Crippen molar-refractivity contribution in [2.45, 2.75) is 0 Å². The van der Waals surface area contributed by atoms with Crippen molar-refractivity contribution in [3.05, 3.63) is 60.5 Å². The number of pyridine rings is 1. The third kappa shape index (κ3) is 5.56. The van der Waals surface area contributed by atoms with E-state index in [1.54, 1.807) is 12.3 Å². The summed E-state index contributed by atoms with van der Waals surface area (Å²) in [4.78, 5) is 7.07. The second kappa shape index (κ2) is 10.8. The van der Waals surface area contributed by atoms with E-state index in [9.17, 15) is 9.50 Å².